The minimum absolute atomic E-state index is 0.241. The molecule has 7 heteroatoms. The highest BCUT2D eigenvalue weighted by atomic mass is 32.2. The second-order valence-electron chi connectivity index (χ2n) is 4.55. The van der Waals surface area contributed by atoms with Crippen LogP contribution in [0.2, 0.25) is 0 Å². The van der Waals surface area contributed by atoms with E-state index in [-0.39, 0.29) is 18.1 Å². The van der Waals surface area contributed by atoms with Crippen LogP contribution in [0.1, 0.15) is 26.7 Å². The van der Waals surface area contributed by atoms with E-state index in [0.29, 0.717) is 18.6 Å². The number of hydrogen-bond donors (Lipinski definition) is 0. The fraction of sp³-hybridized carbons (Fsp3) is 0.833. The molecule has 0 radical (unpaired) electrons. The average Bonchev–Trinajstić information content (AvgIpc) is 2.76. The zero-order chi connectivity index (χ0) is 14.6. The molecule has 1 rings (SSSR count). The first-order chi connectivity index (χ1) is 8.79. The number of likely N-dealkylation sites (tertiary alicyclic amines) is 1. The predicted octanol–water partition coefficient (Wildman–Crippen LogP) is 2.50. The van der Waals surface area contributed by atoms with Crippen LogP contribution in [0.5, 0.6) is 0 Å². The van der Waals surface area contributed by atoms with E-state index >= 15 is 0 Å². The van der Waals surface area contributed by atoms with Crippen LogP contribution in [0.4, 0.5) is 13.2 Å². The lowest BCUT2D eigenvalue weighted by Crippen LogP contribution is -2.47. The van der Waals surface area contributed by atoms with E-state index in [1.807, 2.05) is 0 Å². The third kappa shape index (κ3) is 4.12. The van der Waals surface area contributed by atoms with Crippen molar-refractivity contribution < 1.29 is 22.8 Å². The molecule has 0 spiro atoms. The summed E-state index contributed by atoms with van der Waals surface area (Å²) in [6, 6.07) is -0.677. The zero-order valence-electron chi connectivity index (χ0n) is 11.0. The molecule has 0 aliphatic carbocycles. The number of hydrogen-bond acceptors (Lipinski definition) is 3. The molecule has 2 atom stereocenters. The molecule has 2 unspecified atom stereocenters. The van der Waals surface area contributed by atoms with Crippen molar-refractivity contribution in [3.05, 3.63) is 0 Å². The second-order valence-corrected chi connectivity index (χ2v) is 5.87. The molecule has 3 nitrogen and oxygen atoms in total. The Bertz CT molecular complexity index is 346. The molecule has 0 aromatic heterocycles. The first-order valence-electron chi connectivity index (χ1n) is 6.24. The van der Waals surface area contributed by atoms with Gasteiger partial charge in [-0.15, -0.1) is 0 Å². The fourth-order valence-corrected chi connectivity index (χ4v) is 3.00. The number of ketones is 1. The Hall–Kier alpha value is -0.720. The number of nitrogens with zero attached hydrogens (tertiary/aromatic N) is 1. The monoisotopic (exact) mass is 297 g/mol. The number of carbonyl (C=O) groups excluding carboxylic acids is 2. The molecule has 19 heavy (non-hydrogen) atoms. The summed E-state index contributed by atoms with van der Waals surface area (Å²) < 4.78 is 38.8. The molecular formula is C12H18F3NO2S. The molecule has 0 saturated carbocycles. The van der Waals surface area contributed by atoms with Gasteiger partial charge in [-0.1, -0.05) is 6.92 Å². The maximum atomic E-state index is 12.9. The van der Waals surface area contributed by atoms with E-state index in [0.717, 1.165) is 16.7 Å². The summed E-state index contributed by atoms with van der Waals surface area (Å²) in [6.45, 7) is 3.31. The number of halogens is 3. The standard InChI is InChI=1S/C12H18F3NO2S/c1-3-19-7-9(12(13,14)15)11(18)16-6-4-5-10(16)8(2)17/h9-10H,3-7H2,1-2H3. The van der Waals surface area contributed by atoms with Gasteiger partial charge >= 0.3 is 6.18 Å². The molecule has 0 aromatic rings. The van der Waals surface area contributed by atoms with Crippen molar-refractivity contribution in [3.63, 3.8) is 0 Å². The first-order valence-corrected chi connectivity index (χ1v) is 7.39. The lowest BCUT2D eigenvalue weighted by molar-refractivity contribution is -0.185. The molecular weight excluding hydrogens is 279 g/mol. The minimum Gasteiger partial charge on any atom is -0.332 e. The summed E-state index contributed by atoms with van der Waals surface area (Å²) in [5.74, 6) is -2.95. The number of amides is 1. The molecule has 110 valence electrons. The summed E-state index contributed by atoms with van der Waals surface area (Å²) in [5.41, 5.74) is 0. The summed E-state index contributed by atoms with van der Waals surface area (Å²) in [7, 11) is 0. The molecule has 1 saturated heterocycles. The third-order valence-electron chi connectivity index (χ3n) is 3.19. The van der Waals surface area contributed by atoms with Gasteiger partial charge in [0.05, 0.1) is 6.04 Å². The smallest absolute Gasteiger partial charge is 0.332 e. The Kier molecular flexibility index (Phi) is 5.70. The summed E-state index contributed by atoms with van der Waals surface area (Å²) in [6.07, 6.45) is -3.50. The van der Waals surface area contributed by atoms with Crippen LogP contribution in [0.15, 0.2) is 0 Å². The second kappa shape index (κ2) is 6.63. The third-order valence-corrected chi connectivity index (χ3v) is 4.16. The summed E-state index contributed by atoms with van der Waals surface area (Å²) in [4.78, 5) is 24.5. The van der Waals surface area contributed by atoms with Gasteiger partial charge in [0.15, 0.2) is 5.78 Å². The van der Waals surface area contributed by atoms with Crippen LogP contribution in [-0.4, -0.2) is 46.9 Å². The quantitative estimate of drug-likeness (QED) is 0.782. The van der Waals surface area contributed by atoms with Gasteiger partial charge in [-0.2, -0.15) is 24.9 Å². The van der Waals surface area contributed by atoms with Crippen LogP contribution in [0.3, 0.4) is 0 Å². The van der Waals surface area contributed by atoms with E-state index < -0.39 is 24.0 Å². The van der Waals surface area contributed by atoms with E-state index in [2.05, 4.69) is 0 Å². The van der Waals surface area contributed by atoms with Gasteiger partial charge in [0.1, 0.15) is 5.92 Å². The first kappa shape index (κ1) is 16.3. The number of thioether (sulfide) groups is 1. The Morgan fingerprint density at radius 3 is 2.53 bits per heavy atom. The minimum atomic E-state index is -4.55. The molecule has 0 bridgehead atoms. The van der Waals surface area contributed by atoms with Crippen molar-refractivity contribution in [2.75, 3.05) is 18.1 Å². The van der Waals surface area contributed by atoms with Gasteiger partial charge in [-0.3, -0.25) is 9.59 Å². The Morgan fingerprint density at radius 1 is 1.42 bits per heavy atom. The van der Waals surface area contributed by atoms with Crippen LogP contribution >= 0.6 is 11.8 Å². The maximum absolute atomic E-state index is 12.9. The van der Waals surface area contributed by atoms with Crippen molar-refractivity contribution in [1.29, 1.82) is 0 Å². The molecule has 1 fully saturated rings. The van der Waals surface area contributed by atoms with Gasteiger partial charge in [-0.25, -0.2) is 0 Å². The summed E-state index contributed by atoms with van der Waals surface area (Å²) >= 11 is 1.09. The van der Waals surface area contributed by atoms with E-state index in [9.17, 15) is 22.8 Å². The molecule has 1 aliphatic heterocycles. The highest BCUT2D eigenvalue weighted by molar-refractivity contribution is 7.99. The molecule has 1 aliphatic rings. The number of Topliss-reactive ketones (excluding diaryl/α,β-unsaturated/α-hetero) is 1. The lowest BCUT2D eigenvalue weighted by atomic mass is 10.1. The number of carbonyl (C=O) groups is 2. The lowest BCUT2D eigenvalue weighted by Gasteiger charge is -2.28. The van der Waals surface area contributed by atoms with Crippen molar-refractivity contribution in [2.24, 2.45) is 5.92 Å². The number of alkyl halides is 3. The highest BCUT2D eigenvalue weighted by Crippen LogP contribution is 2.33. The van der Waals surface area contributed by atoms with Crippen LogP contribution < -0.4 is 0 Å². The topological polar surface area (TPSA) is 37.4 Å². The van der Waals surface area contributed by atoms with Gasteiger partial charge < -0.3 is 4.90 Å². The Labute approximate surface area is 114 Å². The van der Waals surface area contributed by atoms with Crippen LogP contribution in [-0.2, 0) is 9.59 Å². The Morgan fingerprint density at radius 2 is 2.05 bits per heavy atom. The maximum Gasteiger partial charge on any atom is 0.401 e. The van der Waals surface area contributed by atoms with Gasteiger partial charge in [0.25, 0.3) is 0 Å². The van der Waals surface area contributed by atoms with Gasteiger partial charge in [-0.05, 0) is 25.5 Å². The van der Waals surface area contributed by atoms with Crippen molar-refractivity contribution in [1.82, 2.24) is 4.90 Å². The summed E-state index contributed by atoms with van der Waals surface area (Å²) in [5, 5.41) is 0. The molecule has 0 N–H and O–H groups in total. The predicted molar refractivity (Wildman–Crippen MR) is 68.0 cm³/mol. The van der Waals surface area contributed by atoms with Gasteiger partial charge in [0, 0.05) is 12.3 Å². The van der Waals surface area contributed by atoms with Crippen LogP contribution in [0.25, 0.3) is 0 Å². The van der Waals surface area contributed by atoms with E-state index in [1.165, 1.54) is 6.92 Å². The highest BCUT2D eigenvalue weighted by Gasteiger charge is 2.48. The fourth-order valence-electron chi connectivity index (χ4n) is 2.19. The molecule has 1 heterocycles. The zero-order valence-corrected chi connectivity index (χ0v) is 11.8. The Balaban J connectivity index is 2.84. The van der Waals surface area contributed by atoms with E-state index in [4.69, 9.17) is 0 Å². The molecule has 0 aromatic carbocycles. The van der Waals surface area contributed by atoms with Crippen molar-refractivity contribution in [3.8, 4) is 0 Å². The van der Waals surface area contributed by atoms with Gasteiger partial charge in [0.2, 0.25) is 5.91 Å². The normalized spacial score (nSPS) is 21.5. The SMILES string of the molecule is CCSCC(C(=O)N1CCCC1C(C)=O)C(F)(F)F. The molecule has 1 amide bonds. The van der Waals surface area contributed by atoms with E-state index in [1.54, 1.807) is 6.92 Å². The number of rotatable bonds is 5. The van der Waals surface area contributed by atoms with Crippen LogP contribution in [0, 0.1) is 5.92 Å². The largest absolute Gasteiger partial charge is 0.401 e. The average molecular weight is 297 g/mol. The van der Waals surface area contributed by atoms with Crippen molar-refractivity contribution in [2.45, 2.75) is 38.9 Å². The van der Waals surface area contributed by atoms with Crippen molar-refractivity contribution >= 4 is 23.5 Å².